The second-order valence-electron chi connectivity index (χ2n) is 4.99. The van der Waals surface area contributed by atoms with Gasteiger partial charge < -0.3 is 10.8 Å². The van der Waals surface area contributed by atoms with E-state index < -0.39 is 6.10 Å². The highest BCUT2D eigenvalue weighted by atomic mass is 32.1. The van der Waals surface area contributed by atoms with Crippen LogP contribution in [0.4, 0.5) is 0 Å². The van der Waals surface area contributed by atoms with Crippen molar-refractivity contribution in [3.63, 3.8) is 0 Å². The van der Waals surface area contributed by atoms with Crippen molar-refractivity contribution in [1.82, 2.24) is 0 Å². The SMILES string of the molecule is C=CCC(S)C(O)C(N)CC1CCCCC1. The Labute approximate surface area is 105 Å². The Hall–Kier alpha value is 0.01000. The summed E-state index contributed by atoms with van der Waals surface area (Å²) in [7, 11) is 0. The van der Waals surface area contributed by atoms with Gasteiger partial charge in [0.2, 0.25) is 0 Å². The molecule has 1 rings (SSSR count). The van der Waals surface area contributed by atoms with Crippen LogP contribution in [0.1, 0.15) is 44.9 Å². The first kappa shape index (κ1) is 14.1. The zero-order chi connectivity index (χ0) is 12.0. The topological polar surface area (TPSA) is 46.2 Å². The molecule has 0 aliphatic heterocycles. The molecule has 1 fully saturated rings. The minimum absolute atomic E-state index is 0.0731. The van der Waals surface area contributed by atoms with Gasteiger partial charge in [0.05, 0.1) is 6.10 Å². The lowest BCUT2D eigenvalue weighted by atomic mass is 9.83. The first-order valence-electron chi connectivity index (χ1n) is 6.37. The van der Waals surface area contributed by atoms with E-state index in [-0.39, 0.29) is 11.3 Å². The molecule has 94 valence electrons. The van der Waals surface area contributed by atoms with E-state index in [0.717, 1.165) is 6.42 Å². The summed E-state index contributed by atoms with van der Waals surface area (Å²) in [6.45, 7) is 3.66. The molecular formula is C13H25NOS. The van der Waals surface area contributed by atoms with Crippen LogP contribution in [0, 0.1) is 5.92 Å². The van der Waals surface area contributed by atoms with Crippen molar-refractivity contribution < 1.29 is 5.11 Å². The number of aliphatic hydroxyl groups excluding tert-OH is 1. The fourth-order valence-corrected chi connectivity index (χ4v) is 2.91. The molecule has 0 bridgehead atoms. The van der Waals surface area contributed by atoms with Crippen LogP contribution in [0.5, 0.6) is 0 Å². The smallest absolute Gasteiger partial charge is 0.0809 e. The summed E-state index contributed by atoms with van der Waals surface area (Å²) in [4.78, 5) is 0. The van der Waals surface area contributed by atoms with Crippen molar-refractivity contribution in [1.29, 1.82) is 0 Å². The van der Waals surface area contributed by atoms with Crippen LogP contribution in [0.2, 0.25) is 0 Å². The average molecular weight is 243 g/mol. The third-order valence-electron chi connectivity index (χ3n) is 3.57. The predicted octanol–water partition coefficient (Wildman–Crippen LogP) is 2.52. The Bertz CT molecular complexity index is 204. The van der Waals surface area contributed by atoms with Crippen molar-refractivity contribution in [2.75, 3.05) is 0 Å². The molecule has 0 amide bonds. The molecule has 3 N–H and O–H groups in total. The molecule has 0 aromatic rings. The first-order valence-corrected chi connectivity index (χ1v) is 6.89. The Balaban J connectivity index is 2.31. The van der Waals surface area contributed by atoms with Crippen LogP contribution >= 0.6 is 12.6 Å². The van der Waals surface area contributed by atoms with E-state index in [1.54, 1.807) is 6.08 Å². The molecule has 0 radical (unpaired) electrons. The van der Waals surface area contributed by atoms with Gasteiger partial charge in [0.1, 0.15) is 0 Å². The minimum Gasteiger partial charge on any atom is -0.390 e. The largest absolute Gasteiger partial charge is 0.390 e. The number of hydrogen-bond donors (Lipinski definition) is 3. The van der Waals surface area contributed by atoms with E-state index in [4.69, 9.17) is 5.73 Å². The van der Waals surface area contributed by atoms with Gasteiger partial charge in [0.25, 0.3) is 0 Å². The molecule has 0 spiro atoms. The highest BCUT2D eigenvalue weighted by Gasteiger charge is 2.25. The average Bonchev–Trinajstić information content (AvgIpc) is 2.29. The second kappa shape index (κ2) is 7.36. The van der Waals surface area contributed by atoms with Gasteiger partial charge in [0.15, 0.2) is 0 Å². The molecule has 0 saturated heterocycles. The lowest BCUT2D eigenvalue weighted by Crippen LogP contribution is -2.42. The van der Waals surface area contributed by atoms with E-state index >= 15 is 0 Å². The number of nitrogens with two attached hydrogens (primary N) is 1. The van der Waals surface area contributed by atoms with Gasteiger partial charge in [-0.05, 0) is 18.8 Å². The third-order valence-corrected chi connectivity index (χ3v) is 4.09. The van der Waals surface area contributed by atoms with E-state index in [1.165, 1.54) is 32.1 Å². The van der Waals surface area contributed by atoms with Crippen molar-refractivity contribution in [3.05, 3.63) is 12.7 Å². The van der Waals surface area contributed by atoms with Crippen LogP contribution in [-0.2, 0) is 0 Å². The maximum absolute atomic E-state index is 10.00. The van der Waals surface area contributed by atoms with Gasteiger partial charge in [-0.1, -0.05) is 38.2 Å². The Morgan fingerprint density at radius 2 is 2.00 bits per heavy atom. The summed E-state index contributed by atoms with van der Waals surface area (Å²) in [5.74, 6) is 0.711. The van der Waals surface area contributed by atoms with E-state index in [2.05, 4.69) is 19.2 Å². The molecular weight excluding hydrogens is 218 g/mol. The summed E-state index contributed by atoms with van der Waals surface area (Å²) >= 11 is 4.36. The molecule has 0 aromatic heterocycles. The predicted molar refractivity (Wildman–Crippen MR) is 72.8 cm³/mol. The van der Waals surface area contributed by atoms with Crippen LogP contribution in [0.3, 0.4) is 0 Å². The van der Waals surface area contributed by atoms with Crippen LogP contribution < -0.4 is 5.73 Å². The van der Waals surface area contributed by atoms with Crippen LogP contribution in [0.25, 0.3) is 0 Å². The quantitative estimate of drug-likeness (QED) is 0.496. The van der Waals surface area contributed by atoms with Crippen LogP contribution in [-0.4, -0.2) is 22.5 Å². The highest BCUT2D eigenvalue weighted by molar-refractivity contribution is 7.81. The molecule has 0 heterocycles. The Morgan fingerprint density at radius 1 is 1.38 bits per heavy atom. The van der Waals surface area contributed by atoms with Crippen molar-refractivity contribution in [2.24, 2.45) is 11.7 Å². The normalized spacial score (nSPS) is 23.7. The van der Waals surface area contributed by atoms with Gasteiger partial charge in [-0.25, -0.2) is 0 Å². The summed E-state index contributed by atoms with van der Waals surface area (Å²) in [6, 6.07) is -0.134. The highest BCUT2D eigenvalue weighted by Crippen LogP contribution is 2.28. The molecule has 1 aliphatic rings. The summed E-state index contributed by atoms with van der Waals surface area (Å²) in [6.07, 6.45) is 9.49. The molecule has 1 saturated carbocycles. The van der Waals surface area contributed by atoms with E-state index in [0.29, 0.717) is 12.3 Å². The minimum atomic E-state index is -0.511. The fourth-order valence-electron chi connectivity index (χ4n) is 2.54. The van der Waals surface area contributed by atoms with Gasteiger partial charge in [0, 0.05) is 11.3 Å². The number of aliphatic hydroxyl groups is 1. The van der Waals surface area contributed by atoms with Crippen molar-refractivity contribution in [2.45, 2.75) is 62.3 Å². The Kier molecular flexibility index (Phi) is 6.47. The van der Waals surface area contributed by atoms with Crippen molar-refractivity contribution >= 4 is 12.6 Å². The standard InChI is InChI=1S/C13H25NOS/c1-2-6-12(16)13(15)11(14)9-10-7-4-3-5-8-10/h2,10-13,15-16H,1,3-9,14H2. The van der Waals surface area contributed by atoms with Crippen molar-refractivity contribution in [3.8, 4) is 0 Å². The molecule has 3 unspecified atom stereocenters. The first-order chi connectivity index (χ1) is 7.65. The number of hydrogen-bond acceptors (Lipinski definition) is 3. The monoisotopic (exact) mass is 243 g/mol. The Morgan fingerprint density at radius 3 is 2.56 bits per heavy atom. The second-order valence-corrected chi connectivity index (χ2v) is 5.65. The maximum Gasteiger partial charge on any atom is 0.0809 e. The summed E-state index contributed by atoms with van der Waals surface area (Å²) < 4.78 is 0. The number of rotatable bonds is 6. The zero-order valence-corrected chi connectivity index (χ0v) is 10.9. The maximum atomic E-state index is 10.00. The molecule has 3 atom stereocenters. The fraction of sp³-hybridized carbons (Fsp3) is 0.846. The van der Waals surface area contributed by atoms with E-state index in [1.807, 2.05) is 0 Å². The number of thiol groups is 1. The number of allylic oxidation sites excluding steroid dienone is 1. The van der Waals surface area contributed by atoms with Gasteiger partial charge in [-0.15, -0.1) is 6.58 Å². The lowest BCUT2D eigenvalue weighted by molar-refractivity contribution is 0.125. The molecule has 16 heavy (non-hydrogen) atoms. The summed E-state index contributed by atoms with van der Waals surface area (Å²) in [5, 5.41) is 9.93. The zero-order valence-electron chi connectivity index (χ0n) is 10.0. The molecule has 0 aromatic carbocycles. The van der Waals surface area contributed by atoms with Gasteiger partial charge in [-0.2, -0.15) is 12.6 Å². The molecule has 1 aliphatic carbocycles. The summed E-state index contributed by atoms with van der Waals surface area (Å²) in [5.41, 5.74) is 6.05. The van der Waals surface area contributed by atoms with Gasteiger partial charge in [-0.3, -0.25) is 0 Å². The lowest BCUT2D eigenvalue weighted by Gasteiger charge is -2.29. The molecule has 3 heteroatoms. The molecule has 2 nitrogen and oxygen atoms in total. The van der Waals surface area contributed by atoms with E-state index in [9.17, 15) is 5.11 Å². The third kappa shape index (κ3) is 4.48. The van der Waals surface area contributed by atoms with Gasteiger partial charge >= 0.3 is 0 Å². The van der Waals surface area contributed by atoms with Crippen LogP contribution in [0.15, 0.2) is 12.7 Å².